The Hall–Kier alpha value is -2.86. The summed E-state index contributed by atoms with van der Waals surface area (Å²) in [6.07, 6.45) is 1.19. The minimum atomic E-state index is -1.07. The van der Waals surface area contributed by atoms with Crippen molar-refractivity contribution in [2.45, 2.75) is 25.0 Å². The molecule has 1 aliphatic heterocycles. The normalized spacial score (nSPS) is 20.7. The molecule has 1 spiro atoms. The van der Waals surface area contributed by atoms with Gasteiger partial charge in [0.15, 0.2) is 0 Å². The summed E-state index contributed by atoms with van der Waals surface area (Å²) in [4.78, 5) is 38.5. The lowest BCUT2D eigenvalue weighted by Crippen LogP contribution is -2.42. The summed E-state index contributed by atoms with van der Waals surface area (Å²) >= 11 is 6.03. The number of esters is 1. The number of halogens is 1. The second-order valence-corrected chi connectivity index (χ2v) is 7.04. The molecule has 0 radical (unpaired) electrons. The highest BCUT2D eigenvalue weighted by Gasteiger charge is 2.55. The number of imide groups is 1. The van der Waals surface area contributed by atoms with Crippen LogP contribution >= 0.6 is 11.6 Å². The predicted octanol–water partition coefficient (Wildman–Crippen LogP) is 2.78. The van der Waals surface area contributed by atoms with Gasteiger partial charge in [0, 0.05) is 10.6 Å². The zero-order valence-electron chi connectivity index (χ0n) is 14.4. The van der Waals surface area contributed by atoms with Crippen molar-refractivity contribution in [3.63, 3.8) is 0 Å². The van der Waals surface area contributed by atoms with Crippen molar-refractivity contribution in [1.29, 1.82) is 0 Å². The molecule has 1 heterocycles. The number of urea groups is 1. The third-order valence-electron chi connectivity index (χ3n) is 5.06. The molecule has 138 valence electrons. The van der Waals surface area contributed by atoms with Crippen LogP contribution in [0.25, 0.3) is 0 Å². The smallest absolute Gasteiger partial charge is 0.326 e. The van der Waals surface area contributed by atoms with Gasteiger partial charge >= 0.3 is 12.0 Å². The van der Waals surface area contributed by atoms with E-state index in [0.29, 0.717) is 23.4 Å². The number of carbonyl (C=O) groups is 3. The number of rotatable bonds is 4. The number of ether oxygens (including phenoxy) is 1. The Morgan fingerprint density at radius 2 is 1.89 bits per heavy atom. The fourth-order valence-corrected chi connectivity index (χ4v) is 3.87. The molecular weight excluding hydrogens is 368 g/mol. The molecule has 0 bridgehead atoms. The molecule has 0 aromatic heterocycles. The van der Waals surface area contributed by atoms with Gasteiger partial charge in [0.25, 0.3) is 5.91 Å². The van der Waals surface area contributed by atoms with Gasteiger partial charge in [-0.1, -0.05) is 54.1 Å². The Morgan fingerprint density at radius 1 is 1.15 bits per heavy atom. The van der Waals surface area contributed by atoms with E-state index in [0.717, 1.165) is 16.0 Å². The van der Waals surface area contributed by atoms with Gasteiger partial charge in [-0.15, -0.1) is 0 Å². The van der Waals surface area contributed by atoms with E-state index in [1.807, 2.05) is 24.3 Å². The fourth-order valence-electron chi connectivity index (χ4n) is 3.68. The van der Waals surface area contributed by atoms with Gasteiger partial charge in [-0.2, -0.15) is 0 Å². The molecule has 1 saturated heterocycles. The van der Waals surface area contributed by atoms with E-state index in [4.69, 9.17) is 16.3 Å². The first-order valence-corrected chi connectivity index (χ1v) is 9.00. The summed E-state index contributed by atoms with van der Waals surface area (Å²) in [6, 6.07) is 14.0. The van der Waals surface area contributed by atoms with E-state index < -0.39 is 30.0 Å². The van der Waals surface area contributed by atoms with Crippen molar-refractivity contribution in [3.8, 4) is 0 Å². The molecule has 4 rings (SSSR count). The third-order valence-corrected chi connectivity index (χ3v) is 5.42. The maximum atomic E-state index is 13.0. The first kappa shape index (κ1) is 17.5. The van der Waals surface area contributed by atoms with Crippen LogP contribution in [-0.2, 0) is 32.9 Å². The van der Waals surface area contributed by atoms with E-state index in [1.165, 1.54) is 0 Å². The topological polar surface area (TPSA) is 75.7 Å². The molecule has 1 N–H and O–H groups in total. The van der Waals surface area contributed by atoms with Crippen LogP contribution in [0, 0.1) is 0 Å². The largest absolute Gasteiger partial charge is 0.459 e. The van der Waals surface area contributed by atoms with E-state index in [9.17, 15) is 14.4 Å². The monoisotopic (exact) mass is 384 g/mol. The zero-order valence-corrected chi connectivity index (χ0v) is 15.2. The van der Waals surface area contributed by atoms with Gasteiger partial charge in [-0.3, -0.25) is 14.5 Å². The van der Waals surface area contributed by atoms with Crippen LogP contribution in [0.3, 0.4) is 0 Å². The number of hydrogen-bond donors (Lipinski definition) is 1. The van der Waals surface area contributed by atoms with Crippen molar-refractivity contribution in [2.24, 2.45) is 0 Å². The average molecular weight is 385 g/mol. The Kier molecular flexibility index (Phi) is 4.36. The second-order valence-electron chi connectivity index (χ2n) is 6.64. The maximum Gasteiger partial charge on any atom is 0.326 e. The highest BCUT2D eigenvalue weighted by atomic mass is 35.5. The number of carbonyl (C=O) groups excluding carboxylic acids is 3. The molecule has 7 heteroatoms. The number of benzene rings is 2. The van der Waals surface area contributed by atoms with Crippen molar-refractivity contribution < 1.29 is 19.1 Å². The highest BCUT2D eigenvalue weighted by Crippen LogP contribution is 2.41. The van der Waals surface area contributed by atoms with Crippen molar-refractivity contribution in [1.82, 2.24) is 10.2 Å². The Labute approximate surface area is 161 Å². The number of fused-ring (bicyclic) bond motifs is 2. The average Bonchev–Trinajstić information content (AvgIpc) is 3.15. The summed E-state index contributed by atoms with van der Waals surface area (Å²) in [6.45, 7) is -0.449. The lowest BCUT2D eigenvalue weighted by molar-refractivity contribution is -0.149. The van der Waals surface area contributed by atoms with Gasteiger partial charge in [0.1, 0.15) is 18.7 Å². The Balaban J connectivity index is 1.46. The lowest BCUT2D eigenvalue weighted by Gasteiger charge is -2.22. The number of hydrogen-bond acceptors (Lipinski definition) is 4. The molecule has 0 saturated carbocycles. The summed E-state index contributed by atoms with van der Waals surface area (Å²) in [5.74, 6) is -1.08. The number of amides is 3. The SMILES string of the molecule is O=C(CN1C(=O)NC2(CCc3ccccc32)C1=O)OCc1ccccc1Cl. The van der Waals surface area contributed by atoms with Crippen LogP contribution < -0.4 is 5.32 Å². The second kappa shape index (κ2) is 6.70. The van der Waals surface area contributed by atoms with Gasteiger partial charge in [-0.05, 0) is 30.0 Å². The maximum absolute atomic E-state index is 13.0. The summed E-state index contributed by atoms with van der Waals surface area (Å²) < 4.78 is 5.19. The summed E-state index contributed by atoms with van der Waals surface area (Å²) in [5, 5.41) is 3.27. The molecule has 1 atom stereocenters. The van der Waals surface area contributed by atoms with Gasteiger partial charge in [-0.25, -0.2) is 4.79 Å². The molecule has 27 heavy (non-hydrogen) atoms. The van der Waals surface area contributed by atoms with Crippen LogP contribution in [0.4, 0.5) is 4.79 Å². The lowest BCUT2D eigenvalue weighted by atomic mass is 9.92. The molecule has 1 unspecified atom stereocenters. The molecule has 6 nitrogen and oxygen atoms in total. The van der Waals surface area contributed by atoms with Crippen LogP contribution in [0.1, 0.15) is 23.1 Å². The Morgan fingerprint density at radius 3 is 2.70 bits per heavy atom. The van der Waals surface area contributed by atoms with Crippen molar-refractivity contribution >= 4 is 29.5 Å². The first-order valence-electron chi connectivity index (χ1n) is 8.63. The van der Waals surface area contributed by atoms with Crippen molar-refractivity contribution in [3.05, 3.63) is 70.2 Å². The third kappa shape index (κ3) is 2.96. The van der Waals surface area contributed by atoms with Crippen LogP contribution in [-0.4, -0.2) is 29.4 Å². The minimum Gasteiger partial charge on any atom is -0.459 e. The molecular formula is C20H17ClN2O4. The Bertz CT molecular complexity index is 945. The van der Waals surface area contributed by atoms with E-state index >= 15 is 0 Å². The molecule has 2 aromatic rings. The van der Waals surface area contributed by atoms with E-state index in [-0.39, 0.29) is 6.61 Å². The van der Waals surface area contributed by atoms with Crippen LogP contribution in [0.5, 0.6) is 0 Å². The van der Waals surface area contributed by atoms with Gasteiger partial charge < -0.3 is 10.1 Å². The minimum absolute atomic E-state index is 0.0177. The predicted molar refractivity (Wildman–Crippen MR) is 97.9 cm³/mol. The fraction of sp³-hybridized carbons (Fsp3) is 0.250. The number of nitrogens with one attached hydrogen (secondary N) is 1. The van der Waals surface area contributed by atoms with Crippen LogP contribution in [0.2, 0.25) is 5.02 Å². The molecule has 3 amide bonds. The standard InChI is InChI=1S/C20H17ClN2O4/c21-16-8-4-2-6-14(16)12-27-17(24)11-23-18(25)20(22-19(23)26)10-9-13-5-1-3-7-15(13)20/h1-8H,9-12H2,(H,22,26). The zero-order chi connectivity index (χ0) is 19.0. The number of nitrogens with zero attached hydrogens (tertiary/aromatic N) is 1. The molecule has 2 aromatic carbocycles. The van der Waals surface area contributed by atoms with Crippen molar-refractivity contribution in [2.75, 3.05) is 6.54 Å². The van der Waals surface area contributed by atoms with E-state index in [1.54, 1.807) is 24.3 Å². The molecule has 2 aliphatic rings. The highest BCUT2D eigenvalue weighted by molar-refractivity contribution is 6.31. The molecule has 1 fully saturated rings. The number of aryl methyl sites for hydroxylation is 1. The van der Waals surface area contributed by atoms with Gasteiger partial charge in [0.2, 0.25) is 0 Å². The van der Waals surface area contributed by atoms with Crippen LogP contribution in [0.15, 0.2) is 48.5 Å². The van der Waals surface area contributed by atoms with E-state index in [2.05, 4.69) is 5.32 Å². The summed E-state index contributed by atoms with van der Waals surface area (Å²) in [5.41, 5.74) is 1.42. The molecule has 1 aliphatic carbocycles. The first-order chi connectivity index (χ1) is 13.0. The van der Waals surface area contributed by atoms with Gasteiger partial charge in [0.05, 0.1) is 0 Å². The quantitative estimate of drug-likeness (QED) is 0.649. The summed E-state index contributed by atoms with van der Waals surface area (Å²) in [7, 11) is 0.